The SMILES string of the molecule is Cc1cc(C(C)NC(=O)C2C3C=CC(C3)C2C(=O)O)c(C)s1. The van der Waals surface area contributed by atoms with Crippen LogP contribution in [0.1, 0.15) is 34.7 Å². The van der Waals surface area contributed by atoms with Crippen LogP contribution in [0.3, 0.4) is 0 Å². The first kappa shape index (κ1) is 15.3. The Morgan fingerprint density at radius 2 is 1.91 bits per heavy atom. The van der Waals surface area contributed by atoms with E-state index in [0.29, 0.717) is 0 Å². The molecule has 3 rings (SSSR count). The highest BCUT2D eigenvalue weighted by Gasteiger charge is 2.51. The third-order valence-electron chi connectivity index (χ3n) is 4.95. The predicted molar refractivity (Wildman–Crippen MR) is 85.7 cm³/mol. The van der Waals surface area contributed by atoms with Crippen molar-refractivity contribution in [1.82, 2.24) is 5.32 Å². The highest BCUT2D eigenvalue weighted by molar-refractivity contribution is 7.12. The van der Waals surface area contributed by atoms with Crippen LogP contribution in [-0.2, 0) is 9.59 Å². The number of fused-ring (bicyclic) bond motifs is 2. The van der Waals surface area contributed by atoms with Crippen LogP contribution in [0.5, 0.6) is 0 Å². The number of carboxylic acid groups (broad SMARTS) is 1. The molecular weight excluding hydrogens is 298 g/mol. The minimum Gasteiger partial charge on any atom is -0.481 e. The number of rotatable bonds is 4. The fraction of sp³-hybridized carbons (Fsp3) is 0.529. The van der Waals surface area contributed by atoms with Crippen LogP contribution in [0.4, 0.5) is 0 Å². The summed E-state index contributed by atoms with van der Waals surface area (Å²) in [6, 6.07) is 2.01. The van der Waals surface area contributed by atoms with Gasteiger partial charge in [0.1, 0.15) is 0 Å². The number of nitrogens with one attached hydrogen (secondary N) is 1. The molecule has 5 unspecified atom stereocenters. The standard InChI is InChI=1S/C17H21NO3S/c1-8-6-13(10(3)22-8)9(2)18-16(19)14-11-4-5-12(7-11)15(14)17(20)21/h4-6,9,11-12,14-15H,7H2,1-3H3,(H,18,19)(H,20,21). The number of aliphatic carboxylic acids is 1. The molecular formula is C17H21NO3S. The second kappa shape index (κ2) is 5.54. The zero-order valence-corrected chi connectivity index (χ0v) is 13.8. The average molecular weight is 319 g/mol. The van der Waals surface area contributed by atoms with Gasteiger partial charge in [-0.3, -0.25) is 9.59 Å². The Hall–Kier alpha value is -1.62. The van der Waals surface area contributed by atoms with Crippen molar-refractivity contribution in [3.8, 4) is 0 Å². The number of carboxylic acids is 1. The molecule has 2 bridgehead atoms. The second-order valence-electron chi connectivity index (χ2n) is 6.44. The first-order valence-electron chi connectivity index (χ1n) is 7.67. The highest BCUT2D eigenvalue weighted by atomic mass is 32.1. The van der Waals surface area contributed by atoms with Crippen molar-refractivity contribution in [2.24, 2.45) is 23.7 Å². The van der Waals surface area contributed by atoms with Gasteiger partial charge in [-0.05, 0) is 50.7 Å². The van der Waals surface area contributed by atoms with Crippen LogP contribution in [-0.4, -0.2) is 17.0 Å². The van der Waals surface area contributed by atoms with Gasteiger partial charge in [-0.25, -0.2) is 0 Å². The van der Waals surface area contributed by atoms with E-state index in [2.05, 4.69) is 25.2 Å². The zero-order chi connectivity index (χ0) is 16.0. The van der Waals surface area contributed by atoms with E-state index in [-0.39, 0.29) is 23.8 Å². The zero-order valence-electron chi connectivity index (χ0n) is 13.0. The normalized spacial score (nSPS) is 30.5. The maximum Gasteiger partial charge on any atom is 0.307 e. The quantitative estimate of drug-likeness (QED) is 0.838. The van der Waals surface area contributed by atoms with Crippen molar-refractivity contribution in [1.29, 1.82) is 0 Å². The van der Waals surface area contributed by atoms with Crippen molar-refractivity contribution in [2.45, 2.75) is 33.2 Å². The molecule has 1 heterocycles. The average Bonchev–Trinajstić information content (AvgIpc) is 3.11. The number of carbonyl (C=O) groups excluding carboxylic acids is 1. The molecule has 1 saturated carbocycles. The lowest BCUT2D eigenvalue weighted by Gasteiger charge is -2.25. The summed E-state index contributed by atoms with van der Waals surface area (Å²) in [6.45, 7) is 6.07. The second-order valence-corrected chi connectivity index (χ2v) is 7.90. The van der Waals surface area contributed by atoms with Crippen molar-refractivity contribution < 1.29 is 14.7 Å². The summed E-state index contributed by atoms with van der Waals surface area (Å²) < 4.78 is 0. The van der Waals surface area contributed by atoms with Gasteiger partial charge in [0.15, 0.2) is 0 Å². The van der Waals surface area contributed by atoms with Crippen LogP contribution in [0, 0.1) is 37.5 Å². The van der Waals surface area contributed by atoms with Gasteiger partial charge in [-0.1, -0.05) is 12.2 Å². The van der Waals surface area contributed by atoms with Gasteiger partial charge >= 0.3 is 5.97 Å². The molecule has 5 atom stereocenters. The number of amides is 1. The number of hydrogen-bond acceptors (Lipinski definition) is 3. The minimum absolute atomic E-state index is 0.0127. The maximum absolute atomic E-state index is 12.6. The molecule has 4 nitrogen and oxygen atoms in total. The van der Waals surface area contributed by atoms with E-state index in [1.165, 1.54) is 9.75 Å². The Bertz CT molecular complexity index is 648. The van der Waals surface area contributed by atoms with Crippen LogP contribution >= 0.6 is 11.3 Å². The van der Waals surface area contributed by atoms with Gasteiger partial charge in [0.05, 0.1) is 17.9 Å². The molecule has 1 aromatic rings. The summed E-state index contributed by atoms with van der Waals surface area (Å²) in [4.78, 5) is 26.6. The summed E-state index contributed by atoms with van der Waals surface area (Å²) in [5, 5.41) is 12.5. The fourth-order valence-electron chi connectivity index (χ4n) is 3.98. The molecule has 0 aromatic carbocycles. The largest absolute Gasteiger partial charge is 0.481 e. The molecule has 0 radical (unpaired) electrons. The molecule has 0 saturated heterocycles. The lowest BCUT2D eigenvalue weighted by atomic mass is 9.82. The summed E-state index contributed by atoms with van der Waals surface area (Å²) >= 11 is 1.72. The van der Waals surface area contributed by atoms with Gasteiger partial charge in [-0.2, -0.15) is 0 Å². The van der Waals surface area contributed by atoms with Crippen molar-refractivity contribution in [2.75, 3.05) is 0 Å². The third kappa shape index (κ3) is 2.47. The smallest absolute Gasteiger partial charge is 0.307 e. The van der Waals surface area contributed by atoms with E-state index < -0.39 is 17.8 Å². The molecule has 1 fully saturated rings. The summed E-state index contributed by atoms with van der Waals surface area (Å²) in [5.74, 6) is -1.91. The number of thiophene rings is 1. The lowest BCUT2D eigenvalue weighted by molar-refractivity contribution is -0.148. The molecule has 2 aliphatic rings. The summed E-state index contributed by atoms with van der Waals surface area (Å²) in [6.07, 6.45) is 4.77. The first-order chi connectivity index (χ1) is 10.4. The van der Waals surface area contributed by atoms with E-state index in [4.69, 9.17) is 0 Å². The Labute approximate surface area is 134 Å². The molecule has 0 spiro atoms. The monoisotopic (exact) mass is 319 g/mol. The van der Waals surface area contributed by atoms with Gasteiger partial charge in [-0.15, -0.1) is 11.3 Å². The molecule has 2 aliphatic carbocycles. The van der Waals surface area contributed by atoms with E-state index in [1.54, 1.807) is 11.3 Å². The Morgan fingerprint density at radius 1 is 1.27 bits per heavy atom. The topological polar surface area (TPSA) is 66.4 Å². The van der Waals surface area contributed by atoms with Crippen molar-refractivity contribution in [3.63, 3.8) is 0 Å². The number of aryl methyl sites for hydroxylation is 2. The number of allylic oxidation sites excluding steroid dienone is 2. The molecule has 22 heavy (non-hydrogen) atoms. The molecule has 1 aromatic heterocycles. The Kier molecular flexibility index (Phi) is 3.85. The number of hydrogen-bond donors (Lipinski definition) is 2. The predicted octanol–water partition coefficient (Wildman–Crippen LogP) is 3.07. The van der Waals surface area contributed by atoms with Gasteiger partial charge in [0, 0.05) is 9.75 Å². The molecule has 118 valence electrons. The van der Waals surface area contributed by atoms with E-state index >= 15 is 0 Å². The van der Waals surface area contributed by atoms with Gasteiger partial charge in [0.25, 0.3) is 0 Å². The van der Waals surface area contributed by atoms with Crippen LogP contribution in [0.15, 0.2) is 18.2 Å². The fourth-order valence-corrected chi connectivity index (χ4v) is 5.01. The molecule has 5 heteroatoms. The van der Waals surface area contributed by atoms with E-state index in [1.807, 2.05) is 19.1 Å². The lowest BCUT2D eigenvalue weighted by Crippen LogP contribution is -2.41. The third-order valence-corrected chi connectivity index (χ3v) is 5.93. The van der Waals surface area contributed by atoms with E-state index in [9.17, 15) is 14.7 Å². The number of carbonyl (C=O) groups is 2. The minimum atomic E-state index is -0.854. The highest BCUT2D eigenvalue weighted by Crippen LogP contribution is 2.48. The molecule has 1 amide bonds. The van der Waals surface area contributed by atoms with Gasteiger partial charge < -0.3 is 10.4 Å². The van der Waals surface area contributed by atoms with Crippen molar-refractivity contribution in [3.05, 3.63) is 33.5 Å². The molecule has 0 aliphatic heterocycles. The van der Waals surface area contributed by atoms with Crippen LogP contribution in [0.25, 0.3) is 0 Å². The molecule has 2 N–H and O–H groups in total. The van der Waals surface area contributed by atoms with E-state index in [0.717, 1.165) is 12.0 Å². The van der Waals surface area contributed by atoms with Crippen LogP contribution < -0.4 is 5.32 Å². The van der Waals surface area contributed by atoms with Crippen LogP contribution in [0.2, 0.25) is 0 Å². The summed E-state index contributed by atoms with van der Waals surface area (Å²) in [5.41, 5.74) is 1.13. The Morgan fingerprint density at radius 3 is 2.45 bits per heavy atom. The Balaban J connectivity index is 1.75. The summed E-state index contributed by atoms with van der Waals surface area (Å²) in [7, 11) is 0. The maximum atomic E-state index is 12.6. The van der Waals surface area contributed by atoms with Crippen molar-refractivity contribution >= 4 is 23.2 Å². The first-order valence-corrected chi connectivity index (χ1v) is 8.48. The van der Waals surface area contributed by atoms with Gasteiger partial charge in [0.2, 0.25) is 5.91 Å².